The van der Waals surface area contributed by atoms with E-state index in [4.69, 9.17) is 0 Å². The minimum Gasteiger partial charge on any atom is -0.0622 e. The summed E-state index contributed by atoms with van der Waals surface area (Å²) in [5.41, 5.74) is 1.55. The lowest BCUT2D eigenvalue weighted by Crippen LogP contribution is -2.03. The predicted octanol–water partition coefficient (Wildman–Crippen LogP) is -0.820. The van der Waals surface area contributed by atoms with E-state index in [-0.39, 0.29) is 0 Å². The van der Waals surface area contributed by atoms with E-state index in [1.54, 1.807) is 21.4 Å². The molecule has 0 bridgehead atoms. The smallest absolute Gasteiger partial charge is 0.00502 e. The van der Waals surface area contributed by atoms with Gasteiger partial charge in [0, 0.05) is 9.04 Å². The van der Waals surface area contributed by atoms with Crippen molar-refractivity contribution in [1.82, 2.24) is 0 Å². The fourth-order valence-electron chi connectivity index (χ4n) is 1.22. The van der Waals surface area contributed by atoms with Crippen LogP contribution in [0.15, 0.2) is 30.3 Å². The van der Waals surface area contributed by atoms with E-state index < -0.39 is 0 Å². The predicted molar refractivity (Wildman–Crippen MR) is 62.0 cm³/mol. The second-order valence-electron chi connectivity index (χ2n) is 2.94. The van der Waals surface area contributed by atoms with E-state index in [1.165, 1.54) is 6.42 Å². The van der Waals surface area contributed by atoms with Crippen molar-refractivity contribution >= 4 is 27.4 Å². The Morgan fingerprint density at radius 3 is 2.55 bits per heavy atom. The van der Waals surface area contributed by atoms with Gasteiger partial charge in [0.05, 0.1) is 0 Å². The maximum atomic E-state index is 2.25. The Balaban J connectivity index is 2.28. The van der Waals surface area contributed by atoms with Gasteiger partial charge in [0.15, 0.2) is 0 Å². The van der Waals surface area contributed by atoms with Crippen LogP contribution in [0, 0.1) is 0 Å². The molecule has 0 radical (unpaired) electrons. The summed E-state index contributed by atoms with van der Waals surface area (Å²) in [6.07, 6.45) is 1.36. The molecule has 0 spiro atoms. The third kappa shape index (κ3) is 3.69. The lowest BCUT2D eigenvalue weighted by atomic mass is 10.2. The van der Waals surface area contributed by atoms with Gasteiger partial charge in [-0.25, -0.2) is 0 Å². The highest BCUT2D eigenvalue weighted by atomic mass is 29.5. The van der Waals surface area contributed by atoms with Gasteiger partial charge in [-0.2, -0.15) is 0 Å². The molecule has 0 aromatic heterocycles. The molecule has 0 nitrogen and oxygen atoms in total. The Bertz CT molecular complexity index is 186. The first-order chi connectivity index (χ1) is 5.43. The summed E-state index contributed by atoms with van der Waals surface area (Å²) in [4.78, 5) is 0. The van der Waals surface area contributed by atoms with Crippen molar-refractivity contribution < 1.29 is 0 Å². The maximum Gasteiger partial charge on any atom is 0.00502 e. The van der Waals surface area contributed by atoms with E-state index in [0.717, 1.165) is 0 Å². The van der Waals surface area contributed by atoms with Crippen LogP contribution in [0.1, 0.15) is 5.56 Å². The summed E-state index contributed by atoms with van der Waals surface area (Å²) in [5.74, 6) is 0. The molecule has 0 aliphatic carbocycles. The first kappa shape index (κ1) is 8.96. The molecule has 0 saturated heterocycles. The molecule has 0 unspecified atom stereocenters. The minimum absolute atomic E-state index is 0.479. The fraction of sp³-hybridized carbons (Fsp3) is 0.250. The summed E-state index contributed by atoms with van der Waals surface area (Å²) in [6.45, 7) is 0. The molecule has 1 rings (SSSR count). The Morgan fingerprint density at radius 1 is 1.18 bits per heavy atom. The Hall–Kier alpha value is -0.129. The van der Waals surface area contributed by atoms with Crippen LogP contribution in [0.3, 0.4) is 0 Å². The number of rotatable bonds is 4. The van der Waals surface area contributed by atoms with Crippen LogP contribution in [0.2, 0.25) is 6.04 Å². The molecule has 0 aliphatic rings. The quantitative estimate of drug-likeness (QED) is 0.436. The van der Waals surface area contributed by atoms with Crippen LogP contribution >= 0.6 is 0 Å². The topological polar surface area (TPSA) is 0 Å². The van der Waals surface area contributed by atoms with Gasteiger partial charge in [0.25, 0.3) is 0 Å². The minimum atomic E-state index is 0.479. The van der Waals surface area contributed by atoms with Gasteiger partial charge in [-0.15, -0.1) is 0 Å². The van der Waals surface area contributed by atoms with Gasteiger partial charge in [-0.05, 0) is 30.3 Å². The largest absolute Gasteiger partial charge is 0.0622 e. The van der Waals surface area contributed by atoms with Crippen molar-refractivity contribution in [2.45, 2.75) is 12.5 Å². The van der Waals surface area contributed by atoms with Crippen LogP contribution in [0.25, 0.3) is 0 Å². The van der Waals surface area contributed by atoms with Crippen molar-refractivity contribution in [2.24, 2.45) is 0 Å². The molecular weight excluding hydrogens is 180 g/mol. The van der Waals surface area contributed by atoms with E-state index in [0.29, 0.717) is 17.6 Å². The second kappa shape index (κ2) is 5.51. The van der Waals surface area contributed by atoms with E-state index in [9.17, 15) is 0 Å². The van der Waals surface area contributed by atoms with Crippen LogP contribution < -0.4 is 0 Å². The lowest BCUT2D eigenvalue weighted by Gasteiger charge is -1.97. The number of hydrogen-bond donors (Lipinski definition) is 0. The van der Waals surface area contributed by atoms with Crippen LogP contribution in [-0.4, -0.2) is 27.4 Å². The third-order valence-electron chi connectivity index (χ3n) is 1.91. The number of benzene rings is 1. The van der Waals surface area contributed by atoms with Gasteiger partial charge < -0.3 is 0 Å². The third-order valence-corrected chi connectivity index (χ3v) is 13.5. The summed E-state index contributed by atoms with van der Waals surface area (Å²) < 4.78 is 0. The van der Waals surface area contributed by atoms with Crippen molar-refractivity contribution in [3.63, 3.8) is 0 Å². The van der Waals surface area contributed by atoms with Gasteiger partial charge >= 0.3 is 0 Å². The lowest BCUT2D eigenvalue weighted by molar-refractivity contribution is 1.13. The molecule has 1 aromatic carbocycles. The van der Waals surface area contributed by atoms with E-state index >= 15 is 0 Å². The first-order valence-corrected chi connectivity index (χ1v) is 15.1. The highest BCUT2D eigenvalue weighted by Gasteiger charge is 1.90. The molecule has 0 fully saturated rings. The average Bonchev–Trinajstić information content (AvgIpc) is 2.07. The van der Waals surface area contributed by atoms with E-state index in [2.05, 4.69) is 30.3 Å². The first-order valence-electron chi connectivity index (χ1n) is 4.47. The Labute approximate surface area is 76.1 Å². The van der Waals surface area contributed by atoms with Crippen LogP contribution in [0.4, 0.5) is 0 Å². The molecule has 11 heavy (non-hydrogen) atoms. The van der Waals surface area contributed by atoms with Crippen LogP contribution in [0.5, 0.6) is 0 Å². The molecule has 1 aromatic rings. The zero-order valence-corrected chi connectivity index (χ0v) is 12.0. The van der Waals surface area contributed by atoms with E-state index in [1.807, 2.05) is 0 Å². The highest BCUT2D eigenvalue weighted by molar-refractivity contribution is 7.23. The normalized spacial score (nSPS) is 12.4. The van der Waals surface area contributed by atoms with Crippen molar-refractivity contribution in [3.05, 3.63) is 35.9 Å². The molecule has 3 heteroatoms. The Morgan fingerprint density at radius 2 is 1.91 bits per heavy atom. The monoisotopic (exact) mass is 196 g/mol. The summed E-state index contributed by atoms with van der Waals surface area (Å²) >= 11 is 0. The van der Waals surface area contributed by atoms with Crippen molar-refractivity contribution in [2.75, 3.05) is 0 Å². The Kier molecular flexibility index (Phi) is 4.49. The van der Waals surface area contributed by atoms with Crippen molar-refractivity contribution in [3.8, 4) is 0 Å². The summed E-state index contributed by atoms with van der Waals surface area (Å²) in [6, 6.07) is 12.5. The zero-order chi connectivity index (χ0) is 7.94. The van der Waals surface area contributed by atoms with Gasteiger partial charge in [0.1, 0.15) is 0 Å². The molecule has 0 atom stereocenters. The molecule has 0 heterocycles. The second-order valence-corrected chi connectivity index (χ2v) is 19.5. The van der Waals surface area contributed by atoms with Gasteiger partial charge in [0.2, 0.25) is 0 Å². The molecular formula is C8H16Si3. The van der Waals surface area contributed by atoms with Gasteiger partial charge in [-0.1, -0.05) is 36.4 Å². The fourth-order valence-corrected chi connectivity index (χ4v) is 9.13. The summed E-state index contributed by atoms with van der Waals surface area (Å²) in [5, 5.41) is 0. The number of aryl methyl sites for hydroxylation is 1. The number of hydrogen-bond acceptors (Lipinski definition) is 0. The summed E-state index contributed by atoms with van der Waals surface area (Å²) in [7, 11) is 2.62. The molecule has 0 N–H and O–H groups in total. The molecule has 0 saturated carbocycles. The highest BCUT2D eigenvalue weighted by Crippen LogP contribution is 2.01. The van der Waals surface area contributed by atoms with Crippen molar-refractivity contribution in [1.29, 1.82) is 0 Å². The standard InChI is InChI=1S/C8H16Si3/c9-11-10-7-6-8-4-2-1-3-5-8/h1-5H,6-7,10-11H2,9H3. The molecule has 0 amide bonds. The molecule has 60 valence electrons. The molecule has 0 aliphatic heterocycles. The SMILES string of the molecule is [SiH3][SiH2][SiH2]CCc1ccccc1. The van der Waals surface area contributed by atoms with Crippen LogP contribution in [-0.2, 0) is 6.42 Å². The average molecular weight is 196 g/mol. The van der Waals surface area contributed by atoms with Gasteiger partial charge in [-0.3, -0.25) is 0 Å². The zero-order valence-electron chi connectivity index (χ0n) is 7.22. The maximum absolute atomic E-state index is 2.25.